The van der Waals surface area contributed by atoms with Gasteiger partial charge in [0.1, 0.15) is 0 Å². The predicted octanol–water partition coefficient (Wildman–Crippen LogP) is -0.412. The topological polar surface area (TPSA) is 60.8 Å². The van der Waals surface area contributed by atoms with Gasteiger partial charge in [0, 0.05) is 13.1 Å². The SMILES string of the molecule is [CH2]C(O)CN1CCC(C(=O)O)C1. The second kappa shape index (κ2) is 3.87. The third kappa shape index (κ3) is 2.46. The number of carbonyl (C=O) groups is 1. The molecular weight excluding hydrogens is 158 g/mol. The van der Waals surface area contributed by atoms with Crippen molar-refractivity contribution in [3.05, 3.63) is 6.92 Å². The molecule has 0 spiro atoms. The van der Waals surface area contributed by atoms with Gasteiger partial charge in [-0.3, -0.25) is 9.69 Å². The molecule has 0 bridgehead atoms. The van der Waals surface area contributed by atoms with Crippen molar-refractivity contribution in [2.75, 3.05) is 19.6 Å². The van der Waals surface area contributed by atoms with E-state index in [1.54, 1.807) is 0 Å². The highest BCUT2D eigenvalue weighted by Gasteiger charge is 2.27. The van der Waals surface area contributed by atoms with Crippen LogP contribution in [0.25, 0.3) is 0 Å². The normalized spacial score (nSPS) is 27.3. The van der Waals surface area contributed by atoms with Gasteiger partial charge >= 0.3 is 5.97 Å². The summed E-state index contributed by atoms with van der Waals surface area (Å²) in [6, 6.07) is 0. The maximum absolute atomic E-state index is 10.5. The number of likely N-dealkylation sites (tertiary alicyclic amines) is 1. The molecule has 1 saturated heterocycles. The first-order chi connectivity index (χ1) is 5.59. The van der Waals surface area contributed by atoms with Crippen molar-refractivity contribution in [2.45, 2.75) is 12.5 Å². The number of carboxylic acids is 1. The molecule has 1 heterocycles. The zero-order chi connectivity index (χ0) is 9.14. The molecule has 0 saturated carbocycles. The van der Waals surface area contributed by atoms with Crippen LogP contribution in [0.2, 0.25) is 0 Å². The zero-order valence-electron chi connectivity index (χ0n) is 6.94. The smallest absolute Gasteiger partial charge is 0.307 e. The Hall–Kier alpha value is -0.610. The van der Waals surface area contributed by atoms with Crippen molar-refractivity contribution in [1.82, 2.24) is 4.90 Å². The zero-order valence-corrected chi connectivity index (χ0v) is 6.94. The fraction of sp³-hybridized carbons (Fsp3) is 0.750. The molecule has 1 radical (unpaired) electrons. The van der Waals surface area contributed by atoms with Gasteiger partial charge < -0.3 is 10.2 Å². The summed E-state index contributed by atoms with van der Waals surface area (Å²) in [5.74, 6) is -1.00. The van der Waals surface area contributed by atoms with Gasteiger partial charge in [0.15, 0.2) is 0 Å². The molecule has 4 heteroatoms. The van der Waals surface area contributed by atoms with Gasteiger partial charge in [-0.05, 0) is 19.9 Å². The molecule has 0 aromatic carbocycles. The predicted molar refractivity (Wildman–Crippen MR) is 43.5 cm³/mol. The molecule has 2 unspecified atom stereocenters. The summed E-state index contributed by atoms with van der Waals surface area (Å²) in [4.78, 5) is 12.5. The first-order valence-corrected chi connectivity index (χ1v) is 4.06. The van der Waals surface area contributed by atoms with Crippen LogP contribution in [0.15, 0.2) is 0 Å². The maximum Gasteiger partial charge on any atom is 0.307 e. The molecule has 12 heavy (non-hydrogen) atoms. The Morgan fingerprint density at radius 3 is 2.83 bits per heavy atom. The Kier molecular flexibility index (Phi) is 3.05. The molecular formula is C8H14NO3. The maximum atomic E-state index is 10.5. The van der Waals surface area contributed by atoms with Gasteiger partial charge in [-0.15, -0.1) is 0 Å². The number of rotatable bonds is 3. The summed E-state index contributed by atoms with van der Waals surface area (Å²) in [6.45, 7) is 5.21. The standard InChI is InChI=1S/C8H14NO3/c1-6(10)4-9-3-2-7(5-9)8(11)12/h6-7,10H,1-5H2,(H,11,12). The first kappa shape index (κ1) is 9.48. The third-order valence-corrected chi connectivity index (χ3v) is 2.09. The van der Waals surface area contributed by atoms with E-state index in [1.807, 2.05) is 4.90 Å². The molecule has 2 atom stereocenters. The third-order valence-electron chi connectivity index (χ3n) is 2.09. The fourth-order valence-electron chi connectivity index (χ4n) is 1.50. The van der Waals surface area contributed by atoms with E-state index in [2.05, 4.69) is 6.92 Å². The fourth-order valence-corrected chi connectivity index (χ4v) is 1.50. The number of β-amino-alcohol motifs (C(OH)–C–C–N with tert-alkyl or cyclic N) is 1. The number of aliphatic hydroxyl groups excluding tert-OH is 1. The Morgan fingerprint density at radius 2 is 2.42 bits per heavy atom. The Labute approximate surface area is 71.8 Å². The van der Waals surface area contributed by atoms with E-state index in [0.717, 1.165) is 6.54 Å². The van der Waals surface area contributed by atoms with E-state index in [0.29, 0.717) is 19.5 Å². The molecule has 0 aromatic heterocycles. The van der Waals surface area contributed by atoms with Crippen molar-refractivity contribution in [2.24, 2.45) is 5.92 Å². The van der Waals surface area contributed by atoms with Crippen LogP contribution in [-0.4, -0.2) is 46.8 Å². The van der Waals surface area contributed by atoms with Crippen LogP contribution in [0, 0.1) is 12.8 Å². The van der Waals surface area contributed by atoms with Crippen LogP contribution in [0.4, 0.5) is 0 Å². The number of aliphatic carboxylic acids is 1. The van der Waals surface area contributed by atoms with Crippen LogP contribution in [0.1, 0.15) is 6.42 Å². The monoisotopic (exact) mass is 172 g/mol. The van der Waals surface area contributed by atoms with Crippen LogP contribution < -0.4 is 0 Å². The molecule has 69 valence electrons. The molecule has 1 aliphatic heterocycles. The second-order valence-electron chi connectivity index (χ2n) is 3.24. The number of nitrogens with zero attached hydrogens (tertiary/aromatic N) is 1. The first-order valence-electron chi connectivity index (χ1n) is 4.06. The summed E-state index contributed by atoms with van der Waals surface area (Å²) in [5.41, 5.74) is 0. The second-order valence-corrected chi connectivity index (χ2v) is 3.24. The minimum atomic E-state index is -0.740. The van der Waals surface area contributed by atoms with Gasteiger partial charge in [-0.2, -0.15) is 0 Å². The van der Waals surface area contributed by atoms with Crippen molar-refractivity contribution < 1.29 is 15.0 Å². The van der Waals surface area contributed by atoms with Crippen molar-refractivity contribution in [3.63, 3.8) is 0 Å². The Balaban J connectivity index is 2.30. The average Bonchev–Trinajstić information content (AvgIpc) is 2.34. The highest BCUT2D eigenvalue weighted by atomic mass is 16.4. The van der Waals surface area contributed by atoms with Crippen LogP contribution in [-0.2, 0) is 4.79 Å². The van der Waals surface area contributed by atoms with Gasteiger partial charge in [0.2, 0.25) is 0 Å². The summed E-state index contributed by atoms with van der Waals surface area (Å²) in [7, 11) is 0. The van der Waals surface area contributed by atoms with E-state index in [1.165, 1.54) is 0 Å². The number of aliphatic hydroxyl groups is 1. The molecule has 1 aliphatic rings. The number of carboxylic acid groups (broad SMARTS) is 1. The van der Waals surface area contributed by atoms with E-state index in [-0.39, 0.29) is 5.92 Å². The summed E-state index contributed by atoms with van der Waals surface area (Å²) < 4.78 is 0. The van der Waals surface area contributed by atoms with Crippen molar-refractivity contribution in [1.29, 1.82) is 0 Å². The molecule has 1 fully saturated rings. The van der Waals surface area contributed by atoms with Crippen LogP contribution in [0.3, 0.4) is 0 Å². The lowest BCUT2D eigenvalue weighted by Crippen LogP contribution is -2.30. The van der Waals surface area contributed by atoms with Gasteiger partial charge in [0.05, 0.1) is 12.0 Å². The Morgan fingerprint density at radius 1 is 1.75 bits per heavy atom. The van der Waals surface area contributed by atoms with E-state index in [4.69, 9.17) is 10.2 Å². The lowest BCUT2D eigenvalue weighted by Gasteiger charge is -2.16. The molecule has 0 amide bonds. The molecule has 4 nitrogen and oxygen atoms in total. The van der Waals surface area contributed by atoms with Gasteiger partial charge in [-0.1, -0.05) is 0 Å². The average molecular weight is 172 g/mol. The molecule has 0 aliphatic carbocycles. The summed E-state index contributed by atoms with van der Waals surface area (Å²) >= 11 is 0. The molecule has 2 N–H and O–H groups in total. The lowest BCUT2D eigenvalue weighted by molar-refractivity contribution is -0.141. The van der Waals surface area contributed by atoms with Gasteiger partial charge in [0.25, 0.3) is 0 Å². The van der Waals surface area contributed by atoms with E-state index >= 15 is 0 Å². The van der Waals surface area contributed by atoms with Crippen molar-refractivity contribution >= 4 is 5.97 Å². The summed E-state index contributed by atoms with van der Waals surface area (Å²) in [6.07, 6.45) is 0.0692. The number of hydrogen-bond donors (Lipinski definition) is 2. The van der Waals surface area contributed by atoms with E-state index in [9.17, 15) is 4.79 Å². The summed E-state index contributed by atoms with van der Waals surface area (Å²) in [5, 5.41) is 17.6. The van der Waals surface area contributed by atoms with Crippen LogP contribution >= 0.6 is 0 Å². The number of hydrogen-bond acceptors (Lipinski definition) is 3. The molecule has 1 rings (SSSR count). The highest BCUT2D eigenvalue weighted by Crippen LogP contribution is 2.15. The minimum Gasteiger partial charge on any atom is -0.481 e. The van der Waals surface area contributed by atoms with Crippen molar-refractivity contribution in [3.8, 4) is 0 Å². The molecule has 0 aromatic rings. The van der Waals surface area contributed by atoms with Crippen LogP contribution in [0.5, 0.6) is 0 Å². The van der Waals surface area contributed by atoms with Gasteiger partial charge in [-0.25, -0.2) is 0 Å². The van der Waals surface area contributed by atoms with E-state index < -0.39 is 12.1 Å². The largest absolute Gasteiger partial charge is 0.481 e. The quantitative estimate of drug-likeness (QED) is 0.607. The lowest BCUT2D eigenvalue weighted by atomic mass is 10.1. The minimum absolute atomic E-state index is 0.260. The Bertz CT molecular complexity index is 170. The highest BCUT2D eigenvalue weighted by molar-refractivity contribution is 5.70.